The summed E-state index contributed by atoms with van der Waals surface area (Å²) in [6, 6.07) is 5.86. The fraction of sp³-hybridized carbons (Fsp3) is 0.500. The van der Waals surface area contributed by atoms with Crippen molar-refractivity contribution in [3.63, 3.8) is 0 Å². The van der Waals surface area contributed by atoms with Gasteiger partial charge in [0.2, 0.25) is 0 Å². The molecule has 0 fully saturated rings. The number of carbonyl (C=O) groups excluding carboxylic acids is 1. The Hall–Kier alpha value is -2.21. The van der Waals surface area contributed by atoms with Crippen LogP contribution in [0.2, 0.25) is 0 Å². The molecular formula is C18H25N5O. The molecule has 3 rings (SSSR count). The quantitative estimate of drug-likeness (QED) is 0.865. The largest absolute Gasteiger partial charge is 0.327 e. The molecule has 1 atom stereocenters. The lowest BCUT2D eigenvalue weighted by Gasteiger charge is -2.34. The first-order chi connectivity index (χ1) is 11.5. The average Bonchev–Trinajstić information content (AvgIpc) is 2.99. The van der Waals surface area contributed by atoms with Gasteiger partial charge in [0.15, 0.2) is 0 Å². The van der Waals surface area contributed by atoms with E-state index in [0.717, 1.165) is 18.9 Å². The maximum atomic E-state index is 12.7. The second-order valence-corrected chi connectivity index (χ2v) is 6.66. The van der Waals surface area contributed by atoms with Gasteiger partial charge in [0, 0.05) is 38.1 Å². The molecule has 2 aromatic heterocycles. The van der Waals surface area contributed by atoms with Crippen molar-refractivity contribution in [3.8, 4) is 0 Å². The van der Waals surface area contributed by atoms with Gasteiger partial charge in [-0.1, -0.05) is 6.07 Å². The molecule has 0 spiro atoms. The summed E-state index contributed by atoms with van der Waals surface area (Å²) in [5.74, 6) is 0.927. The number of hydrogen-bond acceptors (Lipinski definition) is 4. The Balaban J connectivity index is 1.80. The normalized spacial score (nSPS) is 17.4. The lowest BCUT2D eigenvalue weighted by atomic mass is 10.1. The highest BCUT2D eigenvalue weighted by molar-refractivity contribution is 5.92. The van der Waals surface area contributed by atoms with Crippen LogP contribution in [-0.4, -0.2) is 49.9 Å². The molecule has 0 N–H and O–H groups in total. The summed E-state index contributed by atoms with van der Waals surface area (Å²) in [7, 11) is 2.12. The van der Waals surface area contributed by atoms with Crippen molar-refractivity contribution in [1.29, 1.82) is 0 Å². The summed E-state index contributed by atoms with van der Waals surface area (Å²) in [5.41, 5.74) is 1.70. The number of aromatic nitrogens is 3. The lowest BCUT2D eigenvalue weighted by molar-refractivity contribution is 0.0629. The van der Waals surface area contributed by atoms with Crippen LogP contribution in [0, 0.1) is 0 Å². The van der Waals surface area contributed by atoms with Gasteiger partial charge in [0.25, 0.3) is 5.91 Å². The van der Waals surface area contributed by atoms with Crippen LogP contribution in [0.15, 0.2) is 30.6 Å². The van der Waals surface area contributed by atoms with Crippen molar-refractivity contribution >= 4 is 5.91 Å². The summed E-state index contributed by atoms with van der Waals surface area (Å²) in [6.07, 6.45) is 3.60. The van der Waals surface area contributed by atoms with Crippen LogP contribution in [0.1, 0.15) is 48.8 Å². The smallest absolute Gasteiger partial charge is 0.273 e. The van der Waals surface area contributed by atoms with Crippen LogP contribution in [-0.2, 0) is 13.1 Å². The van der Waals surface area contributed by atoms with E-state index in [4.69, 9.17) is 0 Å². The molecule has 0 saturated heterocycles. The molecule has 6 heteroatoms. The molecule has 0 radical (unpaired) electrons. The second-order valence-electron chi connectivity index (χ2n) is 6.66. The van der Waals surface area contributed by atoms with E-state index in [9.17, 15) is 4.79 Å². The van der Waals surface area contributed by atoms with Gasteiger partial charge in [-0.2, -0.15) is 0 Å². The van der Waals surface area contributed by atoms with Gasteiger partial charge in [-0.15, -0.1) is 0 Å². The number of nitrogens with zero attached hydrogens (tertiary/aromatic N) is 5. The fourth-order valence-electron chi connectivity index (χ4n) is 3.04. The molecule has 24 heavy (non-hydrogen) atoms. The fourth-order valence-corrected chi connectivity index (χ4v) is 3.04. The number of imidazole rings is 1. The third-order valence-electron chi connectivity index (χ3n) is 4.81. The monoisotopic (exact) mass is 327 g/mol. The summed E-state index contributed by atoms with van der Waals surface area (Å²) in [4.78, 5) is 25.6. The summed E-state index contributed by atoms with van der Waals surface area (Å²) in [5, 5.41) is 0. The van der Waals surface area contributed by atoms with E-state index >= 15 is 0 Å². The maximum Gasteiger partial charge on any atom is 0.273 e. The third kappa shape index (κ3) is 3.06. The van der Waals surface area contributed by atoms with Crippen molar-refractivity contribution in [2.75, 3.05) is 13.6 Å². The molecule has 0 aliphatic carbocycles. The Morgan fingerprint density at radius 3 is 2.79 bits per heavy atom. The van der Waals surface area contributed by atoms with Crippen LogP contribution in [0.3, 0.4) is 0 Å². The van der Waals surface area contributed by atoms with Crippen molar-refractivity contribution in [3.05, 3.63) is 47.8 Å². The number of hydrogen-bond donors (Lipinski definition) is 0. The first kappa shape index (κ1) is 16.6. The first-order valence-corrected chi connectivity index (χ1v) is 8.45. The number of pyridine rings is 1. The van der Waals surface area contributed by atoms with Gasteiger partial charge >= 0.3 is 0 Å². The average molecular weight is 327 g/mol. The minimum Gasteiger partial charge on any atom is -0.327 e. The van der Waals surface area contributed by atoms with Gasteiger partial charge in [0.1, 0.15) is 11.5 Å². The Kier molecular flexibility index (Phi) is 4.66. The summed E-state index contributed by atoms with van der Waals surface area (Å²) >= 11 is 0. The van der Waals surface area contributed by atoms with Crippen LogP contribution in [0.4, 0.5) is 0 Å². The molecule has 0 bridgehead atoms. The number of rotatable bonds is 4. The van der Waals surface area contributed by atoms with Gasteiger partial charge < -0.3 is 9.47 Å². The lowest BCUT2D eigenvalue weighted by Crippen LogP contribution is -2.42. The molecular weight excluding hydrogens is 302 g/mol. The van der Waals surface area contributed by atoms with E-state index < -0.39 is 0 Å². The van der Waals surface area contributed by atoms with E-state index in [1.54, 1.807) is 12.3 Å². The minimum atomic E-state index is -0.0497. The standard InChI is InChI=1S/C18H25N5O/c1-13(2)21(4)12-15-11-20-17-14(3)22(9-10-23(15)17)18(24)16-7-5-6-8-19-16/h5-8,11,13-14H,9-10,12H2,1-4H3/t14-/m1/s1. The topological polar surface area (TPSA) is 54.3 Å². The minimum absolute atomic E-state index is 0.0294. The van der Waals surface area contributed by atoms with Gasteiger partial charge in [-0.3, -0.25) is 14.7 Å². The third-order valence-corrected chi connectivity index (χ3v) is 4.81. The number of carbonyl (C=O) groups is 1. The molecule has 2 aromatic rings. The maximum absolute atomic E-state index is 12.7. The molecule has 6 nitrogen and oxygen atoms in total. The zero-order chi connectivity index (χ0) is 17.3. The molecule has 1 aliphatic heterocycles. The summed E-state index contributed by atoms with van der Waals surface area (Å²) in [6.45, 7) is 8.73. The second kappa shape index (κ2) is 6.73. The molecule has 1 aliphatic rings. The van der Waals surface area contributed by atoms with Gasteiger partial charge in [-0.25, -0.2) is 4.98 Å². The summed E-state index contributed by atoms with van der Waals surface area (Å²) < 4.78 is 2.26. The highest BCUT2D eigenvalue weighted by atomic mass is 16.2. The van der Waals surface area contributed by atoms with Crippen LogP contribution in [0.5, 0.6) is 0 Å². The van der Waals surface area contributed by atoms with Crippen LogP contribution < -0.4 is 0 Å². The predicted molar refractivity (Wildman–Crippen MR) is 92.5 cm³/mol. The molecule has 0 unspecified atom stereocenters. The Labute approximate surface area is 143 Å². The molecule has 0 saturated carbocycles. The van der Waals surface area contributed by atoms with Crippen LogP contribution >= 0.6 is 0 Å². The Morgan fingerprint density at radius 2 is 2.12 bits per heavy atom. The molecule has 3 heterocycles. The van der Waals surface area contributed by atoms with Gasteiger partial charge in [0.05, 0.1) is 11.7 Å². The van der Waals surface area contributed by atoms with E-state index in [2.05, 4.69) is 40.3 Å². The SMILES string of the molecule is CC(C)N(C)Cc1cnc2n1CCN(C(=O)c1ccccn1)[C@@H]2C. The van der Waals surface area contributed by atoms with Crippen molar-refractivity contribution in [2.24, 2.45) is 0 Å². The number of fused-ring (bicyclic) bond motifs is 1. The molecule has 0 aromatic carbocycles. The van der Waals surface area contributed by atoms with E-state index in [-0.39, 0.29) is 11.9 Å². The van der Waals surface area contributed by atoms with E-state index in [0.29, 0.717) is 18.3 Å². The zero-order valence-corrected chi connectivity index (χ0v) is 14.8. The van der Waals surface area contributed by atoms with E-state index in [1.165, 1.54) is 5.69 Å². The molecule has 128 valence electrons. The van der Waals surface area contributed by atoms with Crippen molar-refractivity contribution < 1.29 is 4.79 Å². The van der Waals surface area contributed by atoms with Crippen molar-refractivity contribution in [1.82, 2.24) is 24.3 Å². The first-order valence-electron chi connectivity index (χ1n) is 8.45. The predicted octanol–water partition coefficient (Wildman–Crippen LogP) is 2.34. The molecule has 1 amide bonds. The van der Waals surface area contributed by atoms with Crippen LogP contribution in [0.25, 0.3) is 0 Å². The number of amides is 1. The zero-order valence-electron chi connectivity index (χ0n) is 14.8. The Morgan fingerprint density at radius 1 is 1.33 bits per heavy atom. The Bertz CT molecular complexity index is 709. The highest BCUT2D eigenvalue weighted by Crippen LogP contribution is 2.27. The van der Waals surface area contributed by atoms with E-state index in [1.807, 2.05) is 30.2 Å². The van der Waals surface area contributed by atoms with Gasteiger partial charge in [-0.05, 0) is 40.0 Å². The van der Waals surface area contributed by atoms with Crippen molar-refractivity contribution in [2.45, 2.75) is 45.9 Å². The highest BCUT2D eigenvalue weighted by Gasteiger charge is 2.31.